The molecule has 0 fully saturated rings. The molecule has 0 atom stereocenters. The maximum absolute atomic E-state index is 12.4. The Morgan fingerprint density at radius 1 is 1.23 bits per heavy atom. The van der Waals surface area contributed by atoms with E-state index < -0.39 is 17.2 Å². The fourth-order valence-corrected chi connectivity index (χ4v) is 3.68. The summed E-state index contributed by atoms with van der Waals surface area (Å²) in [7, 11) is 1.56. The van der Waals surface area contributed by atoms with Gasteiger partial charge in [-0.3, -0.25) is 19.1 Å². The quantitative estimate of drug-likeness (QED) is 0.272. The standard InChI is InChI=1S/C19H19N7O4S/c1-30-8-4-7-26-13(9-14(27)22-19(26)29)21-15(28)10-31-18-23-17-16(24-25-18)11-5-2-3-6-12(11)20-17/h2-3,5-6,9H,4,7-8,10H2,1H3,(H,21,28)(H,20,23,25)(H,22,27,29). The average Bonchev–Trinajstić information content (AvgIpc) is 3.12. The molecule has 0 aliphatic carbocycles. The minimum Gasteiger partial charge on any atom is -0.385 e. The van der Waals surface area contributed by atoms with Gasteiger partial charge in [-0.05, 0) is 12.5 Å². The predicted molar refractivity (Wildman–Crippen MR) is 116 cm³/mol. The lowest BCUT2D eigenvalue weighted by Crippen LogP contribution is -2.33. The summed E-state index contributed by atoms with van der Waals surface area (Å²) in [5.74, 6) is -0.302. The topological polar surface area (TPSA) is 148 Å². The van der Waals surface area contributed by atoms with E-state index in [2.05, 4.69) is 30.5 Å². The molecule has 0 aliphatic rings. The highest BCUT2D eigenvalue weighted by molar-refractivity contribution is 7.99. The van der Waals surface area contributed by atoms with Gasteiger partial charge in [0.05, 0.1) is 5.75 Å². The number of nitrogens with one attached hydrogen (secondary N) is 3. The minimum atomic E-state index is -0.594. The van der Waals surface area contributed by atoms with Gasteiger partial charge in [-0.15, -0.1) is 10.2 Å². The number of H-pyrrole nitrogens is 2. The Hall–Kier alpha value is -3.51. The van der Waals surface area contributed by atoms with E-state index >= 15 is 0 Å². The third kappa shape index (κ3) is 4.64. The number of hydrogen-bond acceptors (Lipinski definition) is 8. The van der Waals surface area contributed by atoms with E-state index in [9.17, 15) is 14.4 Å². The summed E-state index contributed by atoms with van der Waals surface area (Å²) in [5.41, 5.74) is 0.963. The number of aromatic nitrogens is 6. The number of nitrogens with zero attached hydrogens (tertiary/aromatic N) is 4. The third-order valence-corrected chi connectivity index (χ3v) is 5.30. The van der Waals surface area contributed by atoms with E-state index in [1.807, 2.05) is 24.3 Å². The molecule has 0 spiro atoms. The van der Waals surface area contributed by atoms with Crippen molar-refractivity contribution < 1.29 is 9.53 Å². The van der Waals surface area contributed by atoms with Crippen molar-refractivity contribution in [3.8, 4) is 0 Å². The predicted octanol–water partition coefficient (Wildman–Crippen LogP) is 1.12. The van der Waals surface area contributed by atoms with Crippen LogP contribution < -0.4 is 16.6 Å². The van der Waals surface area contributed by atoms with Crippen molar-refractivity contribution in [2.45, 2.75) is 18.1 Å². The van der Waals surface area contributed by atoms with Crippen LogP contribution >= 0.6 is 11.8 Å². The van der Waals surface area contributed by atoms with Gasteiger partial charge in [0.15, 0.2) is 5.65 Å². The van der Waals surface area contributed by atoms with Gasteiger partial charge in [0.1, 0.15) is 11.3 Å². The first-order chi connectivity index (χ1) is 15.0. The summed E-state index contributed by atoms with van der Waals surface area (Å²) in [6, 6.07) is 8.85. The van der Waals surface area contributed by atoms with E-state index in [-0.39, 0.29) is 18.1 Å². The number of thioether (sulfide) groups is 1. The van der Waals surface area contributed by atoms with Crippen LogP contribution in [0.15, 0.2) is 45.1 Å². The van der Waals surface area contributed by atoms with Gasteiger partial charge < -0.3 is 15.0 Å². The van der Waals surface area contributed by atoms with E-state index in [1.54, 1.807) is 7.11 Å². The Morgan fingerprint density at radius 3 is 2.90 bits per heavy atom. The number of amides is 1. The number of benzene rings is 1. The zero-order valence-electron chi connectivity index (χ0n) is 16.5. The van der Waals surface area contributed by atoms with Crippen molar-refractivity contribution >= 4 is 45.6 Å². The van der Waals surface area contributed by atoms with Crippen molar-refractivity contribution in [1.82, 2.24) is 29.7 Å². The molecular weight excluding hydrogens is 422 g/mol. The summed E-state index contributed by atoms with van der Waals surface area (Å²) in [5, 5.41) is 12.2. The first-order valence-electron chi connectivity index (χ1n) is 9.42. The number of para-hydroxylation sites is 1. The molecule has 4 rings (SSSR count). The molecule has 12 heteroatoms. The van der Waals surface area contributed by atoms with Gasteiger partial charge in [-0.1, -0.05) is 30.0 Å². The van der Waals surface area contributed by atoms with Gasteiger partial charge in [0, 0.05) is 37.2 Å². The highest BCUT2D eigenvalue weighted by Gasteiger charge is 2.13. The third-order valence-electron chi connectivity index (χ3n) is 4.47. The van der Waals surface area contributed by atoms with Crippen LogP contribution in [0.3, 0.4) is 0 Å². The van der Waals surface area contributed by atoms with E-state index in [4.69, 9.17) is 4.74 Å². The number of methoxy groups -OCH3 is 1. The Morgan fingerprint density at radius 2 is 2.06 bits per heavy atom. The number of anilines is 1. The maximum Gasteiger partial charge on any atom is 0.329 e. The normalized spacial score (nSPS) is 11.3. The molecule has 0 saturated heterocycles. The zero-order valence-corrected chi connectivity index (χ0v) is 17.4. The van der Waals surface area contributed by atoms with Crippen LogP contribution in [-0.2, 0) is 16.1 Å². The Bertz CT molecular complexity index is 1360. The lowest BCUT2D eigenvalue weighted by Gasteiger charge is -2.12. The van der Waals surface area contributed by atoms with Crippen LogP contribution in [0, 0.1) is 0 Å². The molecule has 31 heavy (non-hydrogen) atoms. The number of ether oxygens (including phenoxy) is 1. The van der Waals surface area contributed by atoms with Gasteiger partial charge in [0.2, 0.25) is 11.1 Å². The number of hydrogen-bond donors (Lipinski definition) is 3. The second-order valence-electron chi connectivity index (χ2n) is 6.62. The van der Waals surface area contributed by atoms with Crippen LogP contribution in [0.25, 0.3) is 22.1 Å². The monoisotopic (exact) mass is 441 g/mol. The van der Waals surface area contributed by atoms with E-state index in [0.717, 1.165) is 22.7 Å². The largest absolute Gasteiger partial charge is 0.385 e. The Labute approximate surface area is 179 Å². The summed E-state index contributed by atoms with van der Waals surface area (Å²) >= 11 is 1.10. The molecule has 0 aliphatic heterocycles. The summed E-state index contributed by atoms with van der Waals surface area (Å²) in [6.45, 7) is 0.728. The first kappa shape index (κ1) is 20.8. The first-order valence-corrected chi connectivity index (χ1v) is 10.4. The number of carbonyl (C=O) groups excluding carboxylic acids is 1. The molecular formula is C19H19N7O4S. The highest BCUT2D eigenvalue weighted by atomic mass is 32.2. The fourth-order valence-electron chi connectivity index (χ4n) is 3.09. The van der Waals surface area contributed by atoms with Gasteiger partial charge >= 0.3 is 5.69 Å². The Kier molecular flexibility index (Phi) is 6.09. The Balaban J connectivity index is 1.46. The summed E-state index contributed by atoms with van der Waals surface area (Å²) in [6.07, 6.45) is 0.546. The van der Waals surface area contributed by atoms with Crippen LogP contribution in [0.5, 0.6) is 0 Å². The van der Waals surface area contributed by atoms with Crippen LogP contribution in [-0.4, -0.2) is 55.1 Å². The number of fused-ring (bicyclic) bond motifs is 3. The molecule has 11 nitrogen and oxygen atoms in total. The highest BCUT2D eigenvalue weighted by Crippen LogP contribution is 2.23. The van der Waals surface area contributed by atoms with Gasteiger partial charge in [-0.2, -0.15) is 0 Å². The molecule has 0 radical (unpaired) electrons. The van der Waals surface area contributed by atoms with Gasteiger partial charge in [0.25, 0.3) is 5.56 Å². The molecule has 1 aromatic carbocycles. The number of aromatic amines is 2. The fraction of sp³-hybridized carbons (Fsp3) is 0.263. The molecule has 160 valence electrons. The van der Waals surface area contributed by atoms with Crippen molar-refractivity contribution in [2.24, 2.45) is 0 Å². The van der Waals surface area contributed by atoms with E-state index in [1.165, 1.54) is 10.6 Å². The SMILES string of the molecule is COCCCn1c(NC(=O)CSc2nnc3c(n2)[nH]c2ccccc23)cc(=O)[nH]c1=O. The summed E-state index contributed by atoms with van der Waals surface area (Å²) < 4.78 is 6.27. The minimum absolute atomic E-state index is 0.0214. The summed E-state index contributed by atoms with van der Waals surface area (Å²) in [4.78, 5) is 46.0. The van der Waals surface area contributed by atoms with Crippen molar-refractivity contribution in [2.75, 3.05) is 24.8 Å². The lowest BCUT2D eigenvalue weighted by molar-refractivity contribution is -0.113. The number of carbonyl (C=O) groups is 1. The molecule has 4 aromatic rings. The maximum atomic E-state index is 12.4. The van der Waals surface area contributed by atoms with Crippen LogP contribution in [0.2, 0.25) is 0 Å². The molecule has 0 saturated carbocycles. The van der Waals surface area contributed by atoms with Crippen LogP contribution in [0.1, 0.15) is 6.42 Å². The molecule has 3 aromatic heterocycles. The number of rotatable bonds is 8. The van der Waals surface area contributed by atoms with Crippen molar-refractivity contribution in [3.05, 3.63) is 51.2 Å². The molecule has 0 bridgehead atoms. The second-order valence-corrected chi connectivity index (χ2v) is 7.56. The average molecular weight is 441 g/mol. The smallest absolute Gasteiger partial charge is 0.329 e. The lowest BCUT2D eigenvalue weighted by atomic mass is 10.2. The molecule has 1 amide bonds. The molecule has 3 heterocycles. The van der Waals surface area contributed by atoms with Crippen LogP contribution in [0.4, 0.5) is 5.82 Å². The van der Waals surface area contributed by atoms with Crippen molar-refractivity contribution in [3.63, 3.8) is 0 Å². The zero-order chi connectivity index (χ0) is 21.8. The van der Waals surface area contributed by atoms with Crippen molar-refractivity contribution in [1.29, 1.82) is 0 Å². The molecule has 3 N–H and O–H groups in total. The van der Waals surface area contributed by atoms with Gasteiger partial charge in [-0.25, -0.2) is 9.78 Å². The second kappa shape index (κ2) is 9.10. The molecule has 0 unspecified atom stereocenters. The van der Waals surface area contributed by atoms with E-state index in [0.29, 0.717) is 29.3 Å².